The predicted molar refractivity (Wildman–Crippen MR) is 59.6 cm³/mol. The largest absolute Gasteiger partial charge is 0.481 e. The Balaban J connectivity index is 2.71. The molecule has 1 aromatic rings. The van der Waals surface area contributed by atoms with Crippen molar-refractivity contribution in [3.8, 4) is 0 Å². The Hall–Kier alpha value is -1.92. The van der Waals surface area contributed by atoms with Crippen LogP contribution >= 0.6 is 0 Å². The molecule has 0 aliphatic carbocycles. The maximum atomic E-state index is 12.3. The standard InChI is InChI=1S/C11H14F2N2O3/c1-14(6-4-10(16)17)11(18)8-3-2-5-15(8)7-9(12)13/h2-3,5,9H,4,6-7H2,1H3,(H,16,17). The van der Waals surface area contributed by atoms with E-state index in [4.69, 9.17) is 5.11 Å². The molecule has 0 spiro atoms. The van der Waals surface area contributed by atoms with E-state index in [2.05, 4.69) is 0 Å². The van der Waals surface area contributed by atoms with E-state index >= 15 is 0 Å². The topological polar surface area (TPSA) is 62.5 Å². The van der Waals surface area contributed by atoms with Crippen molar-refractivity contribution in [3.63, 3.8) is 0 Å². The normalized spacial score (nSPS) is 10.7. The van der Waals surface area contributed by atoms with Gasteiger partial charge in [-0.2, -0.15) is 0 Å². The van der Waals surface area contributed by atoms with Crippen LogP contribution in [0.25, 0.3) is 0 Å². The van der Waals surface area contributed by atoms with Crippen molar-refractivity contribution in [3.05, 3.63) is 24.0 Å². The molecule has 0 aliphatic heterocycles. The third-order valence-corrected chi connectivity index (χ3v) is 2.39. The summed E-state index contributed by atoms with van der Waals surface area (Å²) in [4.78, 5) is 23.5. The summed E-state index contributed by atoms with van der Waals surface area (Å²) in [5.41, 5.74) is 0.128. The molecule has 0 fully saturated rings. The summed E-state index contributed by atoms with van der Waals surface area (Å²) < 4.78 is 25.7. The van der Waals surface area contributed by atoms with Crippen LogP contribution in [0.1, 0.15) is 16.9 Å². The number of carbonyl (C=O) groups is 2. The predicted octanol–water partition coefficient (Wildman–Crippen LogP) is 1.30. The molecule has 0 unspecified atom stereocenters. The lowest BCUT2D eigenvalue weighted by atomic mass is 10.3. The monoisotopic (exact) mass is 260 g/mol. The maximum absolute atomic E-state index is 12.3. The van der Waals surface area contributed by atoms with Gasteiger partial charge in [0.1, 0.15) is 5.69 Å². The smallest absolute Gasteiger partial charge is 0.305 e. The highest BCUT2D eigenvalue weighted by atomic mass is 19.3. The molecule has 0 aliphatic rings. The van der Waals surface area contributed by atoms with Crippen LogP contribution in [0, 0.1) is 0 Å². The van der Waals surface area contributed by atoms with Gasteiger partial charge in [0.15, 0.2) is 0 Å². The van der Waals surface area contributed by atoms with Crippen molar-refractivity contribution < 1.29 is 23.5 Å². The van der Waals surface area contributed by atoms with Gasteiger partial charge in [-0.25, -0.2) is 8.78 Å². The van der Waals surface area contributed by atoms with Crippen LogP contribution in [0.2, 0.25) is 0 Å². The van der Waals surface area contributed by atoms with Crippen molar-refractivity contribution in [1.82, 2.24) is 9.47 Å². The number of carboxylic acids is 1. The minimum atomic E-state index is -2.55. The summed E-state index contributed by atoms with van der Waals surface area (Å²) in [5.74, 6) is -1.49. The van der Waals surface area contributed by atoms with Gasteiger partial charge in [0.05, 0.1) is 13.0 Å². The van der Waals surface area contributed by atoms with E-state index in [0.717, 1.165) is 4.57 Å². The van der Waals surface area contributed by atoms with Gasteiger partial charge in [-0.3, -0.25) is 9.59 Å². The number of halogens is 2. The number of nitrogens with zero attached hydrogens (tertiary/aromatic N) is 2. The number of aromatic nitrogens is 1. The minimum Gasteiger partial charge on any atom is -0.481 e. The van der Waals surface area contributed by atoms with Crippen LogP contribution < -0.4 is 0 Å². The Morgan fingerprint density at radius 3 is 2.72 bits per heavy atom. The fourth-order valence-electron chi connectivity index (χ4n) is 1.48. The van der Waals surface area contributed by atoms with Gasteiger partial charge < -0.3 is 14.6 Å². The fraction of sp³-hybridized carbons (Fsp3) is 0.455. The first-order valence-corrected chi connectivity index (χ1v) is 5.32. The molecule has 0 saturated carbocycles. The Kier molecular flexibility index (Phi) is 4.82. The van der Waals surface area contributed by atoms with Gasteiger partial charge in [0.25, 0.3) is 12.3 Å². The summed E-state index contributed by atoms with van der Waals surface area (Å²) in [6.07, 6.45) is -1.34. The van der Waals surface area contributed by atoms with Gasteiger partial charge in [-0.05, 0) is 12.1 Å². The number of aliphatic carboxylic acids is 1. The number of alkyl halides is 2. The maximum Gasteiger partial charge on any atom is 0.305 e. The molecule has 18 heavy (non-hydrogen) atoms. The molecule has 0 aromatic carbocycles. The molecule has 0 saturated heterocycles. The molecule has 1 amide bonds. The average Bonchev–Trinajstić information content (AvgIpc) is 2.71. The van der Waals surface area contributed by atoms with Gasteiger partial charge >= 0.3 is 5.97 Å². The molecular weight excluding hydrogens is 246 g/mol. The van der Waals surface area contributed by atoms with E-state index in [-0.39, 0.29) is 18.7 Å². The second-order valence-electron chi connectivity index (χ2n) is 3.81. The minimum absolute atomic E-state index is 0.0357. The van der Waals surface area contributed by atoms with Crippen LogP contribution in [0.5, 0.6) is 0 Å². The third-order valence-electron chi connectivity index (χ3n) is 2.39. The zero-order valence-electron chi connectivity index (χ0n) is 9.84. The lowest BCUT2D eigenvalue weighted by Gasteiger charge is -2.17. The Morgan fingerprint density at radius 1 is 1.50 bits per heavy atom. The fourth-order valence-corrected chi connectivity index (χ4v) is 1.48. The van der Waals surface area contributed by atoms with Crippen LogP contribution in [0.3, 0.4) is 0 Å². The summed E-state index contributed by atoms with van der Waals surface area (Å²) in [7, 11) is 1.44. The quantitative estimate of drug-likeness (QED) is 0.838. The molecule has 0 radical (unpaired) electrons. The number of carboxylic acid groups (broad SMARTS) is 1. The average molecular weight is 260 g/mol. The highest BCUT2D eigenvalue weighted by molar-refractivity contribution is 5.92. The molecule has 7 heteroatoms. The Bertz CT molecular complexity index is 432. The van der Waals surface area contributed by atoms with Crippen LogP contribution in [0.15, 0.2) is 18.3 Å². The summed E-state index contributed by atoms with van der Waals surface area (Å²) in [6, 6.07) is 2.93. The molecule has 100 valence electrons. The summed E-state index contributed by atoms with van der Waals surface area (Å²) in [6.45, 7) is -0.519. The van der Waals surface area contributed by atoms with Crippen LogP contribution in [-0.4, -0.2) is 46.5 Å². The van der Waals surface area contributed by atoms with Crippen molar-refractivity contribution in [2.24, 2.45) is 0 Å². The van der Waals surface area contributed by atoms with Gasteiger partial charge in [-0.1, -0.05) is 0 Å². The highest BCUT2D eigenvalue weighted by Crippen LogP contribution is 2.09. The van der Waals surface area contributed by atoms with E-state index in [9.17, 15) is 18.4 Å². The number of amides is 1. The van der Waals surface area contributed by atoms with Gasteiger partial charge in [0.2, 0.25) is 0 Å². The lowest BCUT2D eigenvalue weighted by Crippen LogP contribution is -2.31. The van der Waals surface area contributed by atoms with Crippen LogP contribution in [0.4, 0.5) is 8.78 Å². The SMILES string of the molecule is CN(CCC(=O)O)C(=O)c1cccn1CC(F)F. The van der Waals surface area contributed by atoms with Crippen LogP contribution in [-0.2, 0) is 11.3 Å². The second kappa shape index (κ2) is 6.13. The molecule has 1 rings (SSSR count). The molecule has 0 atom stereocenters. The second-order valence-corrected chi connectivity index (χ2v) is 3.81. The third kappa shape index (κ3) is 3.83. The van der Waals surface area contributed by atoms with E-state index in [0.29, 0.717) is 0 Å². The van der Waals surface area contributed by atoms with E-state index < -0.39 is 24.8 Å². The number of rotatable bonds is 6. The summed E-state index contributed by atoms with van der Waals surface area (Å²) >= 11 is 0. The molecule has 1 aromatic heterocycles. The van der Waals surface area contributed by atoms with Gasteiger partial charge in [0, 0.05) is 19.8 Å². The highest BCUT2D eigenvalue weighted by Gasteiger charge is 2.17. The number of hydrogen-bond donors (Lipinski definition) is 1. The molecular formula is C11H14F2N2O3. The molecule has 0 bridgehead atoms. The first-order chi connectivity index (χ1) is 8.41. The molecule has 1 N–H and O–H groups in total. The Labute approximate surface area is 103 Å². The van der Waals surface area contributed by atoms with Gasteiger partial charge in [-0.15, -0.1) is 0 Å². The van der Waals surface area contributed by atoms with E-state index in [1.807, 2.05) is 0 Å². The molecule has 5 nitrogen and oxygen atoms in total. The number of carbonyl (C=O) groups excluding carboxylic acids is 1. The van der Waals surface area contributed by atoms with E-state index in [1.54, 1.807) is 0 Å². The first kappa shape index (κ1) is 14.1. The Morgan fingerprint density at radius 2 is 2.17 bits per heavy atom. The van der Waals surface area contributed by atoms with E-state index in [1.165, 1.54) is 30.3 Å². The van der Waals surface area contributed by atoms with Crippen molar-refractivity contribution >= 4 is 11.9 Å². The first-order valence-electron chi connectivity index (χ1n) is 5.32. The zero-order valence-corrected chi connectivity index (χ0v) is 9.84. The van der Waals surface area contributed by atoms with Crippen molar-refractivity contribution in [1.29, 1.82) is 0 Å². The zero-order chi connectivity index (χ0) is 13.7. The lowest BCUT2D eigenvalue weighted by molar-refractivity contribution is -0.137. The van der Waals surface area contributed by atoms with Crippen molar-refractivity contribution in [2.75, 3.05) is 13.6 Å². The number of hydrogen-bond acceptors (Lipinski definition) is 2. The molecule has 1 heterocycles. The summed E-state index contributed by atoms with van der Waals surface area (Å²) in [5, 5.41) is 8.51. The van der Waals surface area contributed by atoms with Crippen molar-refractivity contribution in [2.45, 2.75) is 19.4 Å².